The molecule has 0 unspecified atom stereocenters. The first kappa shape index (κ1) is 16.1. The van der Waals surface area contributed by atoms with Crippen LogP contribution in [-0.2, 0) is 0 Å². The molecule has 2 rings (SSSR count). The minimum Gasteiger partial charge on any atom is -0.313 e. The van der Waals surface area contributed by atoms with Crippen LogP contribution in [-0.4, -0.2) is 43.8 Å². The fourth-order valence-electron chi connectivity index (χ4n) is 3.35. The number of halogens is 3. The molecule has 0 aliphatic heterocycles. The van der Waals surface area contributed by atoms with Crippen LogP contribution in [0, 0.1) is 11.3 Å². The van der Waals surface area contributed by atoms with Crippen molar-refractivity contribution < 1.29 is 13.2 Å². The van der Waals surface area contributed by atoms with Crippen LogP contribution in [0.2, 0.25) is 0 Å². The van der Waals surface area contributed by atoms with E-state index in [1.165, 1.54) is 17.7 Å². The molecule has 2 nitrogen and oxygen atoms in total. The van der Waals surface area contributed by atoms with Gasteiger partial charge in [0.25, 0.3) is 0 Å². The maximum absolute atomic E-state index is 12.5. The molecule has 0 aromatic heterocycles. The molecule has 20 heavy (non-hydrogen) atoms. The Labute approximate surface area is 120 Å². The number of rotatable bonds is 6. The van der Waals surface area contributed by atoms with Crippen molar-refractivity contribution in [3.8, 4) is 0 Å². The smallest absolute Gasteiger partial charge is 0.313 e. The Morgan fingerprint density at radius 2 is 1.75 bits per heavy atom. The Morgan fingerprint density at radius 1 is 1.15 bits per heavy atom. The standard InChI is InChI=1S/C15H27F3N2/c1-12-5-7-14(8-6-12,9-19-13-3-4-13)10-20(2)11-15(16,17)18/h12-13,19H,3-11H2,1-2H3. The summed E-state index contributed by atoms with van der Waals surface area (Å²) < 4.78 is 37.5. The van der Waals surface area contributed by atoms with E-state index in [4.69, 9.17) is 0 Å². The summed E-state index contributed by atoms with van der Waals surface area (Å²) in [4.78, 5) is 1.46. The largest absolute Gasteiger partial charge is 0.401 e. The summed E-state index contributed by atoms with van der Waals surface area (Å²) in [6.45, 7) is 2.89. The highest BCUT2D eigenvalue weighted by molar-refractivity contribution is 4.92. The molecule has 0 radical (unpaired) electrons. The third kappa shape index (κ3) is 5.24. The number of hydrogen-bond acceptors (Lipinski definition) is 2. The fourth-order valence-corrected chi connectivity index (χ4v) is 3.35. The average molecular weight is 292 g/mol. The minimum absolute atomic E-state index is 0.0368. The zero-order valence-corrected chi connectivity index (χ0v) is 12.6. The topological polar surface area (TPSA) is 15.3 Å². The summed E-state index contributed by atoms with van der Waals surface area (Å²) in [6, 6.07) is 0.624. The Hall–Kier alpha value is -0.290. The number of nitrogens with one attached hydrogen (secondary N) is 1. The first-order valence-electron chi connectivity index (χ1n) is 7.77. The molecule has 2 fully saturated rings. The van der Waals surface area contributed by atoms with Crippen molar-refractivity contribution in [2.24, 2.45) is 11.3 Å². The number of nitrogens with zero attached hydrogens (tertiary/aromatic N) is 1. The summed E-state index contributed by atoms with van der Waals surface area (Å²) in [5.74, 6) is 0.719. The van der Waals surface area contributed by atoms with Crippen molar-refractivity contribution in [3.05, 3.63) is 0 Å². The third-order valence-electron chi connectivity index (χ3n) is 4.73. The van der Waals surface area contributed by atoms with Gasteiger partial charge in [-0.2, -0.15) is 13.2 Å². The van der Waals surface area contributed by atoms with Gasteiger partial charge < -0.3 is 5.32 Å². The normalized spacial score (nSPS) is 31.8. The summed E-state index contributed by atoms with van der Waals surface area (Å²) in [5, 5.41) is 3.54. The van der Waals surface area contributed by atoms with E-state index in [0.29, 0.717) is 12.6 Å². The fraction of sp³-hybridized carbons (Fsp3) is 1.00. The van der Waals surface area contributed by atoms with Gasteiger partial charge in [0, 0.05) is 19.1 Å². The number of hydrogen-bond donors (Lipinski definition) is 1. The lowest BCUT2D eigenvalue weighted by atomic mass is 9.70. The van der Waals surface area contributed by atoms with Crippen LogP contribution in [0.1, 0.15) is 45.4 Å². The predicted octanol–water partition coefficient (Wildman–Crippen LogP) is 3.43. The molecule has 0 atom stereocenters. The van der Waals surface area contributed by atoms with E-state index >= 15 is 0 Å². The van der Waals surface area contributed by atoms with E-state index < -0.39 is 12.7 Å². The van der Waals surface area contributed by atoms with Crippen molar-refractivity contribution in [2.75, 3.05) is 26.7 Å². The van der Waals surface area contributed by atoms with E-state index in [-0.39, 0.29) is 5.41 Å². The quantitative estimate of drug-likeness (QED) is 0.807. The first-order valence-corrected chi connectivity index (χ1v) is 7.77. The Bertz CT molecular complexity index is 305. The molecule has 5 heteroatoms. The van der Waals surface area contributed by atoms with Crippen LogP contribution in [0.25, 0.3) is 0 Å². The van der Waals surface area contributed by atoms with Crippen LogP contribution in [0.5, 0.6) is 0 Å². The molecular weight excluding hydrogens is 265 g/mol. The molecule has 0 heterocycles. The molecule has 2 saturated carbocycles. The van der Waals surface area contributed by atoms with E-state index in [2.05, 4.69) is 12.2 Å². The van der Waals surface area contributed by atoms with Crippen molar-refractivity contribution in [1.82, 2.24) is 10.2 Å². The lowest BCUT2D eigenvalue weighted by Gasteiger charge is -2.42. The van der Waals surface area contributed by atoms with Gasteiger partial charge in [0.2, 0.25) is 0 Å². The summed E-state index contributed by atoms with van der Waals surface area (Å²) in [5.41, 5.74) is 0.0368. The maximum atomic E-state index is 12.5. The zero-order chi connectivity index (χ0) is 14.8. The summed E-state index contributed by atoms with van der Waals surface area (Å²) in [7, 11) is 1.60. The molecule has 0 amide bonds. The van der Waals surface area contributed by atoms with E-state index in [0.717, 1.165) is 38.1 Å². The van der Waals surface area contributed by atoms with Gasteiger partial charge in [-0.25, -0.2) is 0 Å². The summed E-state index contributed by atoms with van der Waals surface area (Å²) >= 11 is 0. The highest BCUT2D eigenvalue weighted by Gasteiger charge is 2.38. The molecule has 0 saturated heterocycles. The van der Waals surface area contributed by atoms with Gasteiger partial charge in [0.15, 0.2) is 0 Å². The van der Waals surface area contributed by atoms with Crippen LogP contribution >= 0.6 is 0 Å². The predicted molar refractivity (Wildman–Crippen MR) is 74.6 cm³/mol. The highest BCUT2D eigenvalue weighted by Crippen LogP contribution is 2.40. The monoisotopic (exact) mass is 292 g/mol. The minimum atomic E-state index is -4.10. The highest BCUT2D eigenvalue weighted by atomic mass is 19.4. The van der Waals surface area contributed by atoms with E-state index in [1.807, 2.05) is 0 Å². The van der Waals surface area contributed by atoms with Crippen LogP contribution in [0.15, 0.2) is 0 Å². The lowest BCUT2D eigenvalue weighted by molar-refractivity contribution is -0.146. The van der Waals surface area contributed by atoms with Gasteiger partial charge >= 0.3 is 6.18 Å². The van der Waals surface area contributed by atoms with Gasteiger partial charge in [0.1, 0.15) is 0 Å². The van der Waals surface area contributed by atoms with Gasteiger partial charge in [-0.05, 0) is 44.1 Å². The molecular formula is C15H27F3N2. The van der Waals surface area contributed by atoms with Crippen molar-refractivity contribution in [2.45, 2.75) is 57.7 Å². The van der Waals surface area contributed by atoms with Crippen molar-refractivity contribution in [1.29, 1.82) is 0 Å². The van der Waals surface area contributed by atoms with Crippen LogP contribution in [0.4, 0.5) is 13.2 Å². The van der Waals surface area contributed by atoms with Gasteiger partial charge in [-0.3, -0.25) is 4.90 Å². The van der Waals surface area contributed by atoms with Gasteiger partial charge in [0.05, 0.1) is 6.54 Å². The Kier molecular flexibility index (Phi) is 5.00. The van der Waals surface area contributed by atoms with Crippen LogP contribution in [0.3, 0.4) is 0 Å². The summed E-state index contributed by atoms with van der Waals surface area (Å²) in [6.07, 6.45) is 2.75. The average Bonchev–Trinajstić information content (AvgIpc) is 3.12. The van der Waals surface area contributed by atoms with Crippen LogP contribution < -0.4 is 5.32 Å². The Morgan fingerprint density at radius 3 is 2.25 bits per heavy atom. The van der Waals surface area contributed by atoms with Gasteiger partial charge in [-0.15, -0.1) is 0 Å². The molecule has 0 aromatic carbocycles. The molecule has 0 aromatic rings. The molecule has 118 valence electrons. The zero-order valence-electron chi connectivity index (χ0n) is 12.6. The maximum Gasteiger partial charge on any atom is 0.401 e. The molecule has 2 aliphatic rings. The van der Waals surface area contributed by atoms with E-state index in [1.54, 1.807) is 7.05 Å². The second-order valence-corrected chi connectivity index (χ2v) is 7.13. The Balaban J connectivity index is 1.90. The molecule has 2 aliphatic carbocycles. The molecule has 0 spiro atoms. The molecule has 1 N–H and O–H groups in total. The SMILES string of the molecule is CC1CCC(CNC2CC2)(CN(C)CC(F)(F)F)CC1. The lowest BCUT2D eigenvalue weighted by Crippen LogP contribution is -2.47. The third-order valence-corrected chi connectivity index (χ3v) is 4.73. The van der Waals surface area contributed by atoms with E-state index in [9.17, 15) is 13.2 Å². The van der Waals surface area contributed by atoms with Crippen molar-refractivity contribution in [3.63, 3.8) is 0 Å². The molecule has 0 bridgehead atoms. The first-order chi connectivity index (χ1) is 9.28. The second kappa shape index (κ2) is 6.22. The van der Waals surface area contributed by atoms with Gasteiger partial charge in [-0.1, -0.05) is 19.8 Å². The number of alkyl halides is 3. The second-order valence-electron chi connectivity index (χ2n) is 7.13. The van der Waals surface area contributed by atoms with Crippen molar-refractivity contribution >= 4 is 0 Å².